The van der Waals surface area contributed by atoms with E-state index >= 15 is 0 Å². The first-order chi connectivity index (χ1) is 10.7. The zero-order valence-corrected chi connectivity index (χ0v) is 12.1. The van der Waals surface area contributed by atoms with Gasteiger partial charge in [-0.1, -0.05) is 36.3 Å². The van der Waals surface area contributed by atoms with Crippen LogP contribution in [0.5, 0.6) is 0 Å². The lowest BCUT2D eigenvalue weighted by Crippen LogP contribution is -2.29. The Kier molecular flexibility index (Phi) is 7.80. The number of carbonyl (C=O) groups is 1. The molecule has 0 bridgehead atoms. The van der Waals surface area contributed by atoms with Crippen LogP contribution < -0.4 is 10.9 Å². The molecule has 3 N–H and O–H groups in total. The van der Waals surface area contributed by atoms with Crippen LogP contribution in [0, 0.1) is 12.3 Å². The van der Waals surface area contributed by atoms with E-state index in [0.717, 1.165) is 6.42 Å². The minimum absolute atomic E-state index is 0.0674. The number of nitrogens with one attached hydrogen (secondary N) is 2. The summed E-state index contributed by atoms with van der Waals surface area (Å²) in [4.78, 5) is 24.6. The largest absolute Gasteiger partial charge is 0.396 e. The molecule has 1 aromatic heterocycles. The molecular weight excluding hydrogens is 280 g/mol. The highest BCUT2D eigenvalue weighted by Crippen LogP contribution is 1.97. The van der Waals surface area contributed by atoms with Crippen LogP contribution in [0.2, 0.25) is 0 Å². The van der Waals surface area contributed by atoms with Crippen LogP contribution in [0.25, 0.3) is 0 Å². The van der Waals surface area contributed by atoms with Crippen molar-refractivity contribution in [3.05, 3.63) is 70.1 Å². The number of aromatic nitrogens is 1. The molecule has 0 saturated carbocycles. The van der Waals surface area contributed by atoms with E-state index in [0.29, 0.717) is 0 Å². The first-order valence-corrected chi connectivity index (χ1v) is 6.73. The van der Waals surface area contributed by atoms with Gasteiger partial charge in [0.1, 0.15) is 5.56 Å². The predicted octanol–water partition coefficient (Wildman–Crippen LogP) is 0.959. The van der Waals surface area contributed by atoms with Gasteiger partial charge < -0.3 is 15.4 Å². The van der Waals surface area contributed by atoms with E-state index in [1.807, 2.05) is 30.3 Å². The molecule has 114 valence electrons. The minimum atomic E-state index is -0.459. The SMILES string of the molecule is C#CCNC(=O)c1ccc[nH]c1=O.OCCc1ccccc1. The number of hydrogen-bond acceptors (Lipinski definition) is 3. The third-order valence-corrected chi connectivity index (χ3v) is 2.66. The summed E-state index contributed by atoms with van der Waals surface area (Å²) in [5.41, 5.74) is 0.842. The average molecular weight is 298 g/mol. The van der Waals surface area contributed by atoms with Gasteiger partial charge in [0.25, 0.3) is 11.5 Å². The smallest absolute Gasteiger partial charge is 0.260 e. The quantitative estimate of drug-likeness (QED) is 0.735. The van der Waals surface area contributed by atoms with Gasteiger partial charge in [0, 0.05) is 12.8 Å². The second-order valence-corrected chi connectivity index (χ2v) is 4.26. The molecule has 5 nitrogen and oxygen atoms in total. The molecular formula is C17H18N2O3. The van der Waals surface area contributed by atoms with Crippen molar-refractivity contribution in [2.24, 2.45) is 0 Å². The number of carbonyl (C=O) groups excluding carboxylic acids is 1. The third kappa shape index (κ3) is 6.07. The Labute approximate surface area is 129 Å². The lowest BCUT2D eigenvalue weighted by atomic mass is 10.2. The molecule has 2 aromatic rings. The van der Waals surface area contributed by atoms with Gasteiger partial charge in [-0.15, -0.1) is 6.42 Å². The van der Waals surface area contributed by atoms with E-state index in [4.69, 9.17) is 11.5 Å². The topological polar surface area (TPSA) is 82.2 Å². The van der Waals surface area contributed by atoms with Gasteiger partial charge in [0.2, 0.25) is 0 Å². The summed E-state index contributed by atoms with van der Waals surface area (Å²) in [7, 11) is 0. The van der Waals surface area contributed by atoms with Crippen molar-refractivity contribution in [3.63, 3.8) is 0 Å². The maximum Gasteiger partial charge on any atom is 0.260 e. The van der Waals surface area contributed by atoms with Crippen molar-refractivity contribution >= 4 is 5.91 Å². The van der Waals surface area contributed by atoms with Crippen molar-refractivity contribution in [1.82, 2.24) is 10.3 Å². The molecule has 0 unspecified atom stereocenters. The molecule has 1 aromatic carbocycles. The van der Waals surface area contributed by atoms with Crippen molar-refractivity contribution in [3.8, 4) is 12.3 Å². The molecule has 0 fully saturated rings. The van der Waals surface area contributed by atoms with Gasteiger partial charge in [0.15, 0.2) is 0 Å². The number of rotatable bonds is 4. The van der Waals surface area contributed by atoms with E-state index in [-0.39, 0.29) is 18.7 Å². The molecule has 0 saturated heterocycles. The summed E-state index contributed by atoms with van der Waals surface area (Å²) in [6.45, 7) is 0.358. The van der Waals surface area contributed by atoms with Crippen molar-refractivity contribution in [1.29, 1.82) is 0 Å². The van der Waals surface area contributed by atoms with Crippen LogP contribution in [0.15, 0.2) is 53.5 Å². The van der Waals surface area contributed by atoms with Gasteiger partial charge in [-0.3, -0.25) is 9.59 Å². The lowest BCUT2D eigenvalue weighted by Gasteiger charge is -1.98. The summed E-state index contributed by atoms with van der Waals surface area (Å²) in [6, 6.07) is 13.0. The van der Waals surface area contributed by atoms with E-state index in [9.17, 15) is 9.59 Å². The van der Waals surface area contributed by atoms with Crippen molar-refractivity contribution in [2.75, 3.05) is 13.2 Å². The Balaban J connectivity index is 0.000000235. The number of aromatic amines is 1. The fourth-order valence-electron chi connectivity index (χ4n) is 1.60. The number of aliphatic hydroxyl groups is 1. The van der Waals surface area contributed by atoms with E-state index < -0.39 is 11.5 Å². The summed E-state index contributed by atoms with van der Waals surface area (Å²) in [5.74, 6) is 1.79. The zero-order valence-electron chi connectivity index (χ0n) is 12.1. The number of hydrogen-bond donors (Lipinski definition) is 3. The Hall–Kier alpha value is -2.84. The third-order valence-electron chi connectivity index (χ3n) is 2.66. The summed E-state index contributed by atoms with van der Waals surface area (Å²) < 4.78 is 0. The molecule has 0 spiro atoms. The normalized spacial score (nSPS) is 9.09. The number of amides is 1. The molecule has 1 heterocycles. The summed E-state index contributed by atoms with van der Waals surface area (Å²) >= 11 is 0. The second-order valence-electron chi connectivity index (χ2n) is 4.26. The molecule has 0 radical (unpaired) electrons. The number of H-pyrrole nitrogens is 1. The Morgan fingerprint density at radius 2 is 1.95 bits per heavy atom. The van der Waals surface area contributed by atoms with Crippen LogP contribution in [-0.4, -0.2) is 29.1 Å². The van der Waals surface area contributed by atoms with E-state index in [2.05, 4.69) is 16.2 Å². The molecule has 5 heteroatoms. The fourth-order valence-corrected chi connectivity index (χ4v) is 1.60. The number of terminal acetylenes is 1. The molecule has 0 atom stereocenters. The highest BCUT2D eigenvalue weighted by Gasteiger charge is 2.07. The first kappa shape index (κ1) is 17.2. The molecule has 0 aliphatic rings. The molecule has 0 aliphatic heterocycles. The summed E-state index contributed by atoms with van der Waals surface area (Å²) in [6.07, 6.45) is 7.17. The fraction of sp³-hybridized carbons (Fsp3) is 0.176. The van der Waals surface area contributed by atoms with Crippen molar-refractivity contribution < 1.29 is 9.90 Å². The maximum atomic E-state index is 11.2. The molecule has 1 amide bonds. The van der Waals surface area contributed by atoms with Crippen molar-refractivity contribution in [2.45, 2.75) is 6.42 Å². The minimum Gasteiger partial charge on any atom is -0.396 e. The summed E-state index contributed by atoms with van der Waals surface area (Å²) in [5, 5.41) is 10.9. The standard InChI is InChI=1S/C9H8N2O2.C8H10O/c1-2-5-10-8(12)7-4-3-6-11-9(7)13;9-7-6-8-4-2-1-3-5-8/h1,3-4,6H,5H2,(H,10,12)(H,11,13);1-5,9H,6-7H2. The van der Waals surface area contributed by atoms with Gasteiger partial charge >= 0.3 is 0 Å². The Bertz CT molecular complexity index is 672. The highest BCUT2D eigenvalue weighted by atomic mass is 16.3. The molecule has 0 aliphatic carbocycles. The lowest BCUT2D eigenvalue weighted by molar-refractivity contribution is 0.0957. The second kappa shape index (κ2) is 9.97. The van der Waals surface area contributed by atoms with Crippen LogP contribution in [0.1, 0.15) is 15.9 Å². The van der Waals surface area contributed by atoms with Crippen LogP contribution in [0.4, 0.5) is 0 Å². The molecule has 22 heavy (non-hydrogen) atoms. The van der Waals surface area contributed by atoms with E-state index in [1.165, 1.54) is 17.8 Å². The van der Waals surface area contributed by atoms with Gasteiger partial charge in [0.05, 0.1) is 6.54 Å². The van der Waals surface area contributed by atoms with Gasteiger partial charge in [-0.2, -0.15) is 0 Å². The van der Waals surface area contributed by atoms with Gasteiger partial charge in [-0.25, -0.2) is 0 Å². The van der Waals surface area contributed by atoms with Gasteiger partial charge in [-0.05, 0) is 24.1 Å². The average Bonchev–Trinajstić information content (AvgIpc) is 2.55. The van der Waals surface area contributed by atoms with Crippen LogP contribution >= 0.6 is 0 Å². The molecule has 2 rings (SSSR count). The monoisotopic (exact) mass is 298 g/mol. The Morgan fingerprint density at radius 3 is 2.55 bits per heavy atom. The van der Waals surface area contributed by atoms with Crippen LogP contribution in [0.3, 0.4) is 0 Å². The number of pyridine rings is 1. The Morgan fingerprint density at radius 1 is 1.23 bits per heavy atom. The maximum absolute atomic E-state index is 11.2. The highest BCUT2D eigenvalue weighted by molar-refractivity contribution is 5.93. The first-order valence-electron chi connectivity index (χ1n) is 6.73. The number of aliphatic hydroxyl groups excluding tert-OH is 1. The predicted molar refractivity (Wildman–Crippen MR) is 85.5 cm³/mol. The zero-order chi connectivity index (χ0) is 16.2. The van der Waals surface area contributed by atoms with Crippen LogP contribution in [-0.2, 0) is 6.42 Å². The number of benzene rings is 1. The van der Waals surface area contributed by atoms with E-state index in [1.54, 1.807) is 6.07 Å².